The monoisotopic (exact) mass is 267 g/mol. The molecule has 1 aromatic carbocycles. The average molecular weight is 267 g/mol. The Bertz CT molecular complexity index is 615. The summed E-state index contributed by atoms with van der Waals surface area (Å²) in [6.07, 6.45) is 3.91. The Labute approximate surface area is 120 Å². The second-order valence-electron chi connectivity index (χ2n) is 5.91. The number of nitrogens with two attached hydrogens (primary N) is 1. The molecule has 104 valence electrons. The molecule has 0 radical (unpaired) electrons. The Morgan fingerprint density at radius 2 is 1.90 bits per heavy atom. The summed E-state index contributed by atoms with van der Waals surface area (Å²) in [5, 5.41) is 0. The minimum absolute atomic E-state index is 0.285. The van der Waals surface area contributed by atoms with Gasteiger partial charge in [-0.05, 0) is 24.3 Å². The van der Waals surface area contributed by atoms with E-state index in [-0.39, 0.29) is 5.92 Å². The molecule has 3 rings (SSSR count). The van der Waals surface area contributed by atoms with E-state index in [2.05, 4.69) is 43.1 Å². The largest absolute Gasteiger partial charge is 0.384 e. The smallest absolute Gasteiger partial charge is 0.133 e. The first-order valence-corrected chi connectivity index (χ1v) is 7.39. The number of benzene rings is 1. The van der Waals surface area contributed by atoms with Crippen molar-refractivity contribution < 1.29 is 0 Å². The fourth-order valence-corrected chi connectivity index (χ4v) is 2.69. The molecule has 0 unspecified atom stereocenters. The van der Waals surface area contributed by atoms with E-state index in [1.54, 1.807) is 0 Å². The van der Waals surface area contributed by atoms with E-state index in [1.165, 1.54) is 30.4 Å². The lowest BCUT2D eigenvalue weighted by molar-refractivity contribution is 0.420. The van der Waals surface area contributed by atoms with Gasteiger partial charge in [-0.15, -0.1) is 0 Å². The van der Waals surface area contributed by atoms with Gasteiger partial charge in [0.05, 0.1) is 5.69 Å². The van der Waals surface area contributed by atoms with Crippen LogP contribution in [0.4, 0.5) is 5.82 Å². The van der Waals surface area contributed by atoms with Crippen LogP contribution in [0.25, 0.3) is 11.3 Å². The maximum absolute atomic E-state index is 5.96. The van der Waals surface area contributed by atoms with E-state index in [4.69, 9.17) is 10.7 Å². The summed E-state index contributed by atoms with van der Waals surface area (Å²) in [5.41, 5.74) is 9.54. The van der Waals surface area contributed by atoms with Crippen LogP contribution in [0.3, 0.4) is 0 Å². The SMILES string of the molecule is CC(C)c1nc(N)cc(-c2ccccc2C2CCC2)n1. The van der Waals surface area contributed by atoms with Crippen LogP contribution in [0.1, 0.15) is 56.3 Å². The van der Waals surface area contributed by atoms with Crippen LogP contribution in [0.15, 0.2) is 30.3 Å². The second kappa shape index (κ2) is 5.23. The van der Waals surface area contributed by atoms with Gasteiger partial charge in [-0.1, -0.05) is 44.5 Å². The Morgan fingerprint density at radius 1 is 1.15 bits per heavy atom. The third kappa shape index (κ3) is 2.40. The van der Waals surface area contributed by atoms with Crippen molar-refractivity contribution in [1.82, 2.24) is 9.97 Å². The average Bonchev–Trinajstić information content (AvgIpc) is 2.36. The van der Waals surface area contributed by atoms with Gasteiger partial charge in [0.25, 0.3) is 0 Å². The molecule has 2 N–H and O–H groups in total. The van der Waals surface area contributed by atoms with Gasteiger partial charge in [-0.2, -0.15) is 0 Å². The molecule has 1 fully saturated rings. The number of anilines is 1. The van der Waals surface area contributed by atoms with E-state index in [0.717, 1.165) is 11.5 Å². The molecule has 0 atom stereocenters. The van der Waals surface area contributed by atoms with Crippen LogP contribution in [0.5, 0.6) is 0 Å². The first kappa shape index (κ1) is 13.1. The molecule has 1 aliphatic carbocycles. The van der Waals surface area contributed by atoms with Crippen molar-refractivity contribution in [1.29, 1.82) is 0 Å². The lowest BCUT2D eigenvalue weighted by Crippen LogP contribution is -2.11. The van der Waals surface area contributed by atoms with Crippen LogP contribution >= 0.6 is 0 Å². The molecule has 1 aromatic heterocycles. The molecule has 1 aliphatic rings. The van der Waals surface area contributed by atoms with Crippen LogP contribution < -0.4 is 5.73 Å². The lowest BCUT2D eigenvalue weighted by Gasteiger charge is -2.27. The number of aromatic nitrogens is 2. The van der Waals surface area contributed by atoms with Crippen molar-refractivity contribution in [3.63, 3.8) is 0 Å². The molecule has 0 aliphatic heterocycles. The van der Waals surface area contributed by atoms with Crippen molar-refractivity contribution in [2.24, 2.45) is 0 Å². The van der Waals surface area contributed by atoms with Crippen molar-refractivity contribution in [3.05, 3.63) is 41.7 Å². The molecular formula is C17H21N3. The van der Waals surface area contributed by atoms with Gasteiger partial charge in [0.1, 0.15) is 11.6 Å². The molecular weight excluding hydrogens is 246 g/mol. The molecule has 1 heterocycles. The minimum Gasteiger partial charge on any atom is -0.384 e. The number of hydrogen-bond acceptors (Lipinski definition) is 3. The highest BCUT2D eigenvalue weighted by Gasteiger charge is 2.23. The predicted octanol–water partition coefficient (Wildman–Crippen LogP) is 4.12. The Hall–Kier alpha value is -1.90. The van der Waals surface area contributed by atoms with E-state index >= 15 is 0 Å². The summed E-state index contributed by atoms with van der Waals surface area (Å²) in [5.74, 6) is 2.35. The third-order valence-corrected chi connectivity index (χ3v) is 4.06. The Balaban J connectivity index is 2.08. The molecule has 3 nitrogen and oxygen atoms in total. The molecule has 0 spiro atoms. The summed E-state index contributed by atoms with van der Waals surface area (Å²) in [6.45, 7) is 4.19. The van der Waals surface area contributed by atoms with Crippen LogP contribution in [0.2, 0.25) is 0 Å². The highest BCUT2D eigenvalue weighted by Crippen LogP contribution is 2.40. The van der Waals surface area contributed by atoms with E-state index in [0.29, 0.717) is 11.7 Å². The third-order valence-electron chi connectivity index (χ3n) is 4.06. The lowest BCUT2D eigenvalue weighted by atomic mass is 9.78. The van der Waals surface area contributed by atoms with Crippen LogP contribution in [-0.4, -0.2) is 9.97 Å². The van der Waals surface area contributed by atoms with Gasteiger partial charge in [0, 0.05) is 17.5 Å². The maximum Gasteiger partial charge on any atom is 0.133 e. The van der Waals surface area contributed by atoms with Crippen molar-refractivity contribution in [3.8, 4) is 11.3 Å². The zero-order valence-electron chi connectivity index (χ0n) is 12.1. The van der Waals surface area contributed by atoms with Gasteiger partial charge in [-0.3, -0.25) is 0 Å². The van der Waals surface area contributed by atoms with Crippen molar-refractivity contribution >= 4 is 5.82 Å². The highest BCUT2D eigenvalue weighted by atomic mass is 14.9. The van der Waals surface area contributed by atoms with Gasteiger partial charge < -0.3 is 5.73 Å². The van der Waals surface area contributed by atoms with Crippen LogP contribution in [-0.2, 0) is 0 Å². The maximum atomic E-state index is 5.96. The van der Waals surface area contributed by atoms with Gasteiger partial charge in [0.15, 0.2) is 0 Å². The standard InChI is InChI=1S/C17H21N3/c1-11(2)17-19-15(10-16(18)20-17)14-9-4-3-8-13(14)12-6-5-7-12/h3-4,8-12H,5-7H2,1-2H3,(H2,18,19,20). The summed E-state index contributed by atoms with van der Waals surface area (Å²) in [7, 11) is 0. The molecule has 20 heavy (non-hydrogen) atoms. The number of nitrogen functional groups attached to an aromatic ring is 1. The first-order valence-electron chi connectivity index (χ1n) is 7.39. The van der Waals surface area contributed by atoms with Gasteiger partial charge in [-0.25, -0.2) is 9.97 Å². The summed E-state index contributed by atoms with van der Waals surface area (Å²) < 4.78 is 0. The summed E-state index contributed by atoms with van der Waals surface area (Å²) in [4.78, 5) is 9.05. The van der Waals surface area contributed by atoms with Crippen molar-refractivity contribution in [2.75, 3.05) is 5.73 Å². The second-order valence-corrected chi connectivity index (χ2v) is 5.91. The van der Waals surface area contributed by atoms with E-state index in [9.17, 15) is 0 Å². The molecule has 0 bridgehead atoms. The minimum atomic E-state index is 0.285. The quantitative estimate of drug-likeness (QED) is 0.910. The normalized spacial score (nSPS) is 15.3. The van der Waals surface area contributed by atoms with Gasteiger partial charge >= 0.3 is 0 Å². The number of nitrogens with zero attached hydrogens (tertiary/aromatic N) is 2. The molecule has 0 amide bonds. The highest BCUT2D eigenvalue weighted by molar-refractivity contribution is 5.66. The molecule has 3 heteroatoms. The topological polar surface area (TPSA) is 51.8 Å². The fourth-order valence-electron chi connectivity index (χ4n) is 2.69. The molecule has 0 saturated heterocycles. The zero-order valence-corrected chi connectivity index (χ0v) is 12.1. The number of rotatable bonds is 3. The Kier molecular flexibility index (Phi) is 3.43. The Morgan fingerprint density at radius 3 is 2.55 bits per heavy atom. The fraction of sp³-hybridized carbons (Fsp3) is 0.412. The number of hydrogen-bond donors (Lipinski definition) is 1. The first-order chi connectivity index (χ1) is 9.65. The predicted molar refractivity (Wildman–Crippen MR) is 82.6 cm³/mol. The molecule has 2 aromatic rings. The summed E-state index contributed by atoms with van der Waals surface area (Å²) >= 11 is 0. The molecule has 1 saturated carbocycles. The van der Waals surface area contributed by atoms with E-state index in [1.807, 2.05) is 6.07 Å². The van der Waals surface area contributed by atoms with Gasteiger partial charge in [0.2, 0.25) is 0 Å². The summed E-state index contributed by atoms with van der Waals surface area (Å²) in [6, 6.07) is 10.5. The van der Waals surface area contributed by atoms with Crippen molar-refractivity contribution in [2.45, 2.75) is 44.9 Å². The zero-order chi connectivity index (χ0) is 14.1. The van der Waals surface area contributed by atoms with E-state index < -0.39 is 0 Å². The van der Waals surface area contributed by atoms with Crippen LogP contribution in [0, 0.1) is 0 Å².